The van der Waals surface area contributed by atoms with Crippen molar-refractivity contribution in [3.8, 4) is 0 Å². The van der Waals surface area contributed by atoms with Crippen LogP contribution in [0.15, 0.2) is 48.5 Å². The van der Waals surface area contributed by atoms with Crippen molar-refractivity contribution in [2.24, 2.45) is 0 Å². The number of carbonyl (C=O) groups is 2. The number of anilines is 1. The number of hydrogen-bond donors (Lipinski definition) is 2. The van der Waals surface area contributed by atoms with Crippen molar-refractivity contribution in [2.45, 2.75) is 26.2 Å². The van der Waals surface area contributed by atoms with Gasteiger partial charge >= 0.3 is 0 Å². The Balaban J connectivity index is 2.07. The Morgan fingerprint density at radius 3 is 2.38 bits per heavy atom. The molecule has 5 heteroatoms. The lowest BCUT2D eigenvalue weighted by atomic mass is 10.0. The standard InChI is InChI=1S/C21H26N2O3/c1-15(2)18-10-4-5-11-19(18)23-21(25)17-9-6-8-16(14-17)20(24)22-12-7-13-26-3/h4-6,8-11,14-15H,7,12-13H2,1-3H3,(H,22,24)(H,23,25). The number of nitrogens with one attached hydrogen (secondary N) is 2. The molecule has 0 aliphatic heterocycles. The van der Waals surface area contributed by atoms with Gasteiger partial charge in [-0.1, -0.05) is 38.1 Å². The number of ether oxygens (including phenoxy) is 1. The van der Waals surface area contributed by atoms with Crippen LogP contribution in [0.5, 0.6) is 0 Å². The van der Waals surface area contributed by atoms with Gasteiger partial charge in [0.05, 0.1) is 0 Å². The molecule has 0 unspecified atom stereocenters. The zero-order valence-electron chi connectivity index (χ0n) is 15.5. The lowest BCUT2D eigenvalue weighted by Crippen LogP contribution is -2.25. The van der Waals surface area contributed by atoms with Crippen molar-refractivity contribution in [1.29, 1.82) is 0 Å². The van der Waals surface area contributed by atoms with Gasteiger partial charge in [0, 0.05) is 37.1 Å². The normalized spacial score (nSPS) is 10.6. The summed E-state index contributed by atoms with van der Waals surface area (Å²) in [6.45, 7) is 5.29. The van der Waals surface area contributed by atoms with Crippen LogP contribution >= 0.6 is 0 Å². The van der Waals surface area contributed by atoms with E-state index < -0.39 is 0 Å². The van der Waals surface area contributed by atoms with Crippen molar-refractivity contribution in [3.05, 3.63) is 65.2 Å². The van der Waals surface area contributed by atoms with E-state index in [2.05, 4.69) is 24.5 Å². The fourth-order valence-electron chi connectivity index (χ4n) is 2.63. The Hall–Kier alpha value is -2.66. The first-order chi connectivity index (χ1) is 12.5. The van der Waals surface area contributed by atoms with Crippen LogP contribution < -0.4 is 10.6 Å². The minimum absolute atomic E-state index is 0.196. The van der Waals surface area contributed by atoms with Crippen molar-refractivity contribution in [3.63, 3.8) is 0 Å². The topological polar surface area (TPSA) is 67.4 Å². The Labute approximate surface area is 154 Å². The molecule has 2 aromatic rings. The maximum absolute atomic E-state index is 12.6. The first-order valence-electron chi connectivity index (χ1n) is 8.80. The molecule has 0 aliphatic rings. The lowest BCUT2D eigenvalue weighted by molar-refractivity contribution is 0.0948. The molecular formula is C21H26N2O3. The average molecular weight is 354 g/mol. The van der Waals surface area contributed by atoms with Gasteiger partial charge in [0.1, 0.15) is 0 Å². The molecular weight excluding hydrogens is 328 g/mol. The van der Waals surface area contributed by atoms with Gasteiger partial charge in [-0.15, -0.1) is 0 Å². The van der Waals surface area contributed by atoms with E-state index in [1.165, 1.54) is 0 Å². The molecule has 0 spiro atoms. The molecule has 2 aromatic carbocycles. The van der Waals surface area contributed by atoms with Crippen LogP contribution in [0.3, 0.4) is 0 Å². The van der Waals surface area contributed by atoms with Crippen LogP contribution in [0.1, 0.15) is 52.5 Å². The largest absolute Gasteiger partial charge is 0.385 e. The van der Waals surface area contributed by atoms with Crippen LogP contribution in [-0.2, 0) is 4.74 Å². The van der Waals surface area contributed by atoms with Gasteiger partial charge < -0.3 is 15.4 Å². The number of amides is 2. The van der Waals surface area contributed by atoms with Gasteiger partial charge in [-0.05, 0) is 42.2 Å². The highest BCUT2D eigenvalue weighted by molar-refractivity contribution is 6.06. The second kappa shape index (κ2) is 9.73. The van der Waals surface area contributed by atoms with Gasteiger partial charge in [-0.2, -0.15) is 0 Å². The molecule has 26 heavy (non-hydrogen) atoms. The third-order valence-corrected chi connectivity index (χ3v) is 4.03. The molecule has 0 fully saturated rings. The molecule has 5 nitrogen and oxygen atoms in total. The highest BCUT2D eigenvalue weighted by Gasteiger charge is 2.13. The summed E-state index contributed by atoms with van der Waals surface area (Å²) in [6.07, 6.45) is 0.744. The maximum atomic E-state index is 12.6. The van der Waals surface area contributed by atoms with Crippen LogP contribution in [0.25, 0.3) is 0 Å². The monoisotopic (exact) mass is 354 g/mol. The summed E-state index contributed by atoms with van der Waals surface area (Å²) in [5.74, 6) is -0.124. The fourth-order valence-corrected chi connectivity index (χ4v) is 2.63. The minimum atomic E-state index is -0.230. The molecule has 138 valence electrons. The number of carbonyl (C=O) groups excluding carboxylic acids is 2. The second-order valence-electron chi connectivity index (χ2n) is 6.38. The number of benzene rings is 2. The summed E-state index contributed by atoms with van der Waals surface area (Å²) in [4.78, 5) is 24.8. The molecule has 2 N–H and O–H groups in total. The van der Waals surface area contributed by atoms with Crippen LogP contribution in [0.2, 0.25) is 0 Å². The first kappa shape index (κ1) is 19.7. The van der Waals surface area contributed by atoms with Crippen LogP contribution in [0.4, 0.5) is 5.69 Å². The molecule has 0 saturated heterocycles. The van der Waals surface area contributed by atoms with Gasteiger partial charge in [0.25, 0.3) is 11.8 Å². The molecule has 0 saturated carbocycles. The first-order valence-corrected chi connectivity index (χ1v) is 8.80. The van der Waals surface area contributed by atoms with Crippen molar-refractivity contribution < 1.29 is 14.3 Å². The zero-order valence-corrected chi connectivity index (χ0v) is 15.5. The van der Waals surface area contributed by atoms with E-state index in [-0.39, 0.29) is 11.8 Å². The minimum Gasteiger partial charge on any atom is -0.385 e. The molecule has 2 rings (SSSR count). The molecule has 0 bridgehead atoms. The van der Waals surface area contributed by atoms with Gasteiger partial charge in [-0.25, -0.2) is 0 Å². The van der Waals surface area contributed by atoms with E-state index in [9.17, 15) is 9.59 Å². The number of para-hydroxylation sites is 1. The van der Waals surface area contributed by atoms with E-state index in [0.29, 0.717) is 30.2 Å². The number of hydrogen-bond acceptors (Lipinski definition) is 3. The number of rotatable bonds is 8. The van der Waals surface area contributed by atoms with E-state index in [1.54, 1.807) is 31.4 Å². The predicted octanol–water partition coefficient (Wildman–Crippen LogP) is 3.83. The van der Waals surface area contributed by atoms with Crippen LogP contribution in [-0.4, -0.2) is 32.1 Å². The lowest BCUT2D eigenvalue weighted by Gasteiger charge is -2.14. The molecule has 0 radical (unpaired) electrons. The smallest absolute Gasteiger partial charge is 0.255 e. The zero-order chi connectivity index (χ0) is 18.9. The summed E-state index contributed by atoms with van der Waals surface area (Å²) >= 11 is 0. The molecule has 0 aliphatic carbocycles. The average Bonchev–Trinajstić information content (AvgIpc) is 2.65. The van der Waals surface area contributed by atoms with Gasteiger partial charge in [-0.3, -0.25) is 9.59 Å². The summed E-state index contributed by atoms with van der Waals surface area (Å²) in [5.41, 5.74) is 2.79. The van der Waals surface area contributed by atoms with E-state index in [0.717, 1.165) is 17.7 Å². The summed E-state index contributed by atoms with van der Waals surface area (Å²) < 4.78 is 4.96. The number of methoxy groups -OCH3 is 1. The third-order valence-electron chi connectivity index (χ3n) is 4.03. The van der Waals surface area contributed by atoms with Gasteiger partial charge in [0.15, 0.2) is 0 Å². The van der Waals surface area contributed by atoms with Gasteiger partial charge in [0.2, 0.25) is 0 Å². The summed E-state index contributed by atoms with van der Waals surface area (Å²) in [5, 5.41) is 5.77. The van der Waals surface area contributed by atoms with E-state index in [4.69, 9.17) is 4.74 Å². The fraction of sp³-hybridized carbons (Fsp3) is 0.333. The third kappa shape index (κ3) is 5.43. The van der Waals surface area contributed by atoms with Crippen molar-refractivity contribution in [1.82, 2.24) is 5.32 Å². The highest BCUT2D eigenvalue weighted by atomic mass is 16.5. The Bertz CT molecular complexity index is 756. The Morgan fingerprint density at radius 1 is 1.00 bits per heavy atom. The molecule has 0 atom stereocenters. The quantitative estimate of drug-likeness (QED) is 0.708. The molecule has 0 heterocycles. The Morgan fingerprint density at radius 2 is 1.69 bits per heavy atom. The van der Waals surface area contributed by atoms with Crippen LogP contribution in [0, 0.1) is 0 Å². The van der Waals surface area contributed by atoms with E-state index in [1.807, 2.05) is 24.3 Å². The summed E-state index contributed by atoms with van der Waals surface area (Å²) in [6, 6.07) is 14.5. The molecule has 0 aromatic heterocycles. The second-order valence-corrected chi connectivity index (χ2v) is 6.38. The molecule has 2 amide bonds. The van der Waals surface area contributed by atoms with Crippen molar-refractivity contribution >= 4 is 17.5 Å². The maximum Gasteiger partial charge on any atom is 0.255 e. The van der Waals surface area contributed by atoms with Crippen molar-refractivity contribution in [2.75, 3.05) is 25.6 Å². The summed E-state index contributed by atoms with van der Waals surface area (Å²) in [7, 11) is 1.63. The Kier molecular flexibility index (Phi) is 7.36. The highest BCUT2D eigenvalue weighted by Crippen LogP contribution is 2.24. The SMILES string of the molecule is COCCCNC(=O)c1cccc(C(=O)Nc2ccccc2C(C)C)c1. The predicted molar refractivity (Wildman–Crippen MR) is 104 cm³/mol. The van der Waals surface area contributed by atoms with E-state index >= 15 is 0 Å².